The van der Waals surface area contributed by atoms with E-state index in [0.717, 1.165) is 29.4 Å². The topological polar surface area (TPSA) is 60.2 Å². The molecule has 3 N–H and O–H groups in total. The van der Waals surface area contributed by atoms with Gasteiger partial charge in [-0.3, -0.25) is 0 Å². The zero-order valence-corrected chi connectivity index (χ0v) is 10.4. The summed E-state index contributed by atoms with van der Waals surface area (Å²) in [5, 5.41) is 3.22. The number of hydrogen-bond donors (Lipinski definition) is 2. The molecule has 2 rings (SSSR count). The Hall–Kier alpha value is -2.23. The predicted octanol–water partition coefficient (Wildman–Crippen LogP) is 3.20. The Morgan fingerprint density at radius 2 is 2.00 bits per heavy atom. The average molecular weight is 243 g/mol. The standard InChI is InChI=1S/C14H17N3O/c1-2-10-18-13-4-3-9-16-14(13)17-12-7-5-11(15)6-8-12/h3-9H,2,10,15H2,1H3,(H,16,17). The Morgan fingerprint density at radius 3 is 2.72 bits per heavy atom. The third kappa shape index (κ3) is 3.13. The van der Waals surface area contributed by atoms with Crippen molar-refractivity contribution >= 4 is 17.2 Å². The maximum atomic E-state index is 5.65. The Morgan fingerprint density at radius 1 is 1.22 bits per heavy atom. The number of nitrogens with one attached hydrogen (secondary N) is 1. The third-order valence-corrected chi connectivity index (χ3v) is 2.41. The summed E-state index contributed by atoms with van der Waals surface area (Å²) in [6.45, 7) is 2.76. The number of nitrogens with zero attached hydrogens (tertiary/aromatic N) is 1. The number of anilines is 3. The monoisotopic (exact) mass is 243 g/mol. The second kappa shape index (κ2) is 5.91. The molecule has 0 atom stereocenters. The number of aromatic nitrogens is 1. The summed E-state index contributed by atoms with van der Waals surface area (Å²) in [5.74, 6) is 1.48. The van der Waals surface area contributed by atoms with E-state index in [1.165, 1.54) is 0 Å². The van der Waals surface area contributed by atoms with Gasteiger partial charge in [-0.2, -0.15) is 0 Å². The molecule has 0 unspecified atom stereocenters. The van der Waals surface area contributed by atoms with E-state index in [-0.39, 0.29) is 0 Å². The van der Waals surface area contributed by atoms with Gasteiger partial charge in [0.05, 0.1) is 6.61 Å². The normalized spacial score (nSPS) is 10.1. The van der Waals surface area contributed by atoms with Gasteiger partial charge in [0.1, 0.15) is 0 Å². The summed E-state index contributed by atoms with van der Waals surface area (Å²) in [7, 11) is 0. The van der Waals surface area contributed by atoms with Crippen molar-refractivity contribution < 1.29 is 4.74 Å². The van der Waals surface area contributed by atoms with Crippen LogP contribution in [0.2, 0.25) is 0 Å². The molecule has 2 aromatic rings. The molecule has 4 nitrogen and oxygen atoms in total. The second-order valence-electron chi connectivity index (χ2n) is 3.95. The lowest BCUT2D eigenvalue weighted by Gasteiger charge is -2.11. The summed E-state index contributed by atoms with van der Waals surface area (Å²) in [5.41, 5.74) is 7.32. The number of benzene rings is 1. The van der Waals surface area contributed by atoms with Crippen LogP contribution in [0.1, 0.15) is 13.3 Å². The molecule has 1 aromatic carbocycles. The van der Waals surface area contributed by atoms with Crippen molar-refractivity contribution in [1.82, 2.24) is 4.98 Å². The van der Waals surface area contributed by atoms with Crippen molar-refractivity contribution in [2.75, 3.05) is 17.7 Å². The Bertz CT molecular complexity index is 497. The average Bonchev–Trinajstić information content (AvgIpc) is 2.40. The number of nitrogen functional groups attached to an aromatic ring is 1. The van der Waals surface area contributed by atoms with Crippen LogP contribution in [-0.4, -0.2) is 11.6 Å². The summed E-state index contributed by atoms with van der Waals surface area (Å²) in [6.07, 6.45) is 2.70. The van der Waals surface area contributed by atoms with Gasteiger partial charge in [0.25, 0.3) is 0 Å². The van der Waals surface area contributed by atoms with E-state index in [0.29, 0.717) is 6.61 Å². The Labute approximate surface area is 107 Å². The van der Waals surface area contributed by atoms with Gasteiger partial charge in [-0.15, -0.1) is 0 Å². The van der Waals surface area contributed by atoms with Crippen molar-refractivity contribution in [1.29, 1.82) is 0 Å². The van der Waals surface area contributed by atoms with E-state index in [2.05, 4.69) is 17.2 Å². The summed E-state index contributed by atoms with van der Waals surface area (Å²) in [6, 6.07) is 11.3. The highest BCUT2D eigenvalue weighted by atomic mass is 16.5. The Kier molecular flexibility index (Phi) is 4.02. The molecule has 0 spiro atoms. The van der Waals surface area contributed by atoms with Crippen molar-refractivity contribution in [3.63, 3.8) is 0 Å². The molecular formula is C14H17N3O. The van der Waals surface area contributed by atoms with E-state index < -0.39 is 0 Å². The minimum Gasteiger partial charge on any atom is -0.490 e. The molecule has 0 amide bonds. The zero-order chi connectivity index (χ0) is 12.8. The highest BCUT2D eigenvalue weighted by molar-refractivity contribution is 5.63. The summed E-state index contributed by atoms with van der Waals surface area (Å²) >= 11 is 0. The van der Waals surface area contributed by atoms with Gasteiger partial charge < -0.3 is 15.8 Å². The largest absolute Gasteiger partial charge is 0.490 e. The molecule has 0 aliphatic rings. The minimum atomic E-state index is 0.683. The molecule has 0 bridgehead atoms. The third-order valence-electron chi connectivity index (χ3n) is 2.41. The van der Waals surface area contributed by atoms with Crippen LogP contribution in [-0.2, 0) is 0 Å². The predicted molar refractivity (Wildman–Crippen MR) is 74.2 cm³/mol. The molecule has 0 saturated heterocycles. The van der Waals surface area contributed by atoms with Gasteiger partial charge in [0.2, 0.25) is 0 Å². The molecule has 0 aliphatic carbocycles. The summed E-state index contributed by atoms with van der Waals surface area (Å²) in [4.78, 5) is 4.28. The molecule has 1 heterocycles. The van der Waals surface area contributed by atoms with Crippen molar-refractivity contribution in [3.8, 4) is 5.75 Å². The molecule has 0 radical (unpaired) electrons. The van der Waals surface area contributed by atoms with Crippen LogP contribution >= 0.6 is 0 Å². The van der Waals surface area contributed by atoms with Crippen molar-refractivity contribution in [3.05, 3.63) is 42.6 Å². The van der Waals surface area contributed by atoms with Crippen LogP contribution in [0.4, 0.5) is 17.2 Å². The molecule has 94 valence electrons. The van der Waals surface area contributed by atoms with E-state index >= 15 is 0 Å². The van der Waals surface area contributed by atoms with Gasteiger partial charge >= 0.3 is 0 Å². The fourth-order valence-electron chi connectivity index (χ4n) is 1.52. The highest BCUT2D eigenvalue weighted by Crippen LogP contribution is 2.25. The molecular weight excluding hydrogens is 226 g/mol. The van der Waals surface area contributed by atoms with E-state index in [4.69, 9.17) is 10.5 Å². The van der Waals surface area contributed by atoms with E-state index in [1.807, 2.05) is 36.4 Å². The maximum Gasteiger partial charge on any atom is 0.173 e. The second-order valence-corrected chi connectivity index (χ2v) is 3.95. The fourth-order valence-corrected chi connectivity index (χ4v) is 1.52. The van der Waals surface area contributed by atoms with Crippen LogP contribution in [0.5, 0.6) is 5.75 Å². The molecule has 0 saturated carbocycles. The molecule has 1 aromatic heterocycles. The van der Waals surface area contributed by atoms with E-state index in [1.54, 1.807) is 6.20 Å². The first-order valence-corrected chi connectivity index (χ1v) is 6.00. The molecule has 4 heteroatoms. The number of rotatable bonds is 5. The lowest BCUT2D eigenvalue weighted by atomic mass is 10.3. The lowest BCUT2D eigenvalue weighted by molar-refractivity contribution is 0.318. The number of ether oxygens (including phenoxy) is 1. The maximum absolute atomic E-state index is 5.65. The van der Waals surface area contributed by atoms with Gasteiger partial charge in [-0.25, -0.2) is 4.98 Å². The number of hydrogen-bond acceptors (Lipinski definition) is 4. The SMILES string of the molecule is CCCOc1cccnc1Nc1ccc(N)cc1. The molecule has 0 aliphatic heterocycles. The highest BCUT2D eigenvalue weighted by Gasteiger charge is 2.04. The van der Waals surface area contributed by atoms with Crippen LogP contribution in [0.15, 0.2) is 42.6 Å². The first kappa shape index (κ1) is 12.2. The molecule has 0 fully saturated rings. The van der Waals surface area contributed by atoms with Crippen LogP contribution in [0.25, 0.3) is 0 Å². The van der Waals surface area contributed by atoms with Gasteiger partial charge in [0.15, 0.2) is 11.6 Å². The minimum absolute atomic E-state index is 0.683. The first-order chi connectivity index (χ1) is 8.79. The zero-order valence-electron chi connectivity index (χ0n) is 10.4. The van der Waals surface area contributed by atoms with Crippen LogP contribution < -0.4 is 15.8 Å². The van der Waals surface area contributed by atoms with E-state index in [9.17, 15) is 0 Å². The van der Waals surface area contributed by atoms with Crippen LogP contribution in [0.3, 0.4) is 0 Å². The fraction of sp³-hybridized carbons (Fsp3) is 0.214. The number of pyridine rings is 1. The van der Waals surface area contributed by atoms with Crippen molar-refractivity contribution in [2.45, 2.75) is 13.3 Å². The molecule has 18 heavy (non-hydrogen) atoms. The van der Waals surface area contributed by atoms with Crippen molar-refractivity contribution in [2.24, 2.45) is 0 Å². The first-order valence-electron chi connectivity index (χ1n) is 6.00. The van der Waals surface area contributed by atoms with Gasteiger partial charge in [-0.1, -0.05) is 6.92 Å². The van der Waals surface area contributed by atoms with Gasteiger partial charge in [0, 0.05) is 17.6 Å². The number of nitrogens with two attached hydrogens (primary N) is 1. The Balaban J connectivity index is 2.15. The van der Waals surface area contributed by atoms with Crippen LogP contribution in [0, 0.1) is 0 Å². The quantitative estimate of drug-likeness (QED) is 0.792. The summed E-state index contributed by atoms with van der Waals surface area (Å²) < 4.78 is 5.63. The van der Waals surface area contributed by atoms with Gasteiger partial charge in [-0.05, 0) is 42.8 Å². The lowest BCUT2D eigenvalue weighted by Crippen LogP contribution is -2.01. The smallest absolute Gasteiger partial charge is 0.173 e.